The zero-order valence-electron chi connectivity index (χ0n) is 18.6. The first kappa shape index (κ1) is 22.2. The zero-order valence-corrected chi connectivity index (χ0v) is 18.6. The molecule has 0 N–H and O–H groups in total. The molecule has 32 heavy (non-hydrogen) atoms. The van der Waals surface area contributed by atoms with E-state index in [0.29, 0.717) is 44.0 Å². The van der Waals surface area contributed by atoms with E-state index in [2.05, 4.69) is 9.97 Å². The number of piperazine rings is 1. The van der Waals surface area contributed by atoms with E-state index < -0.39 is 0 Å². The van der Waals surface area contributed by atoms with Crippen LogP contribution in [0.25, 0.3) is 0 Å². The van der Waals surface area contributed by atoms with Gasteiger partial charge in [-0.2, -0.15) is 0 Å². The second kappa shape index (κ2) is 11.1. The molecule has 2 aliphatic rings. The van der Waals surface area contributed by atoms with Crippen LogP contribution in [0.2, 0.25) is 0 Å². The molecule has 0 spiro atoms. The summed E-state index contributed by atoms with van der Waals surface area (Å²) >= 11 is 0. The molecule has 7 heteroatoms. The Labute approximate surface area is 189 Å². The highest BCUT2D eigenvalue weighted by atomic mass is 16.5. The van der Waals surface area contributed by atoms with Gasteiger partial charge in [-0.1, -0.05) is 38.2 Å². The average Bonchev–Trinajstić information content (AvgIpc) is 2.85. The van der Waals surface area contributed by atoms with Gasteiger partial charge < -0.3 is 14.5 Å². The molecular weight excluding hydrogens is 404 g/mol. The Morgan fingerprint density at radius 1 is 1.00 bits per heavy atom. The Hall–Kier alpha value is -2.96. The van der Waals surface area contributed by atoms with Gasteiger partial charge in [0.05, 0.1) is 18.7 Å². The molecule has 2 amide bonds. The number of amides is 2. The Kier molecular flexibility index (Phi) is 7.69. The van der Waals surface area contributed by atoms with Crippen LogP contribution >= 0.6 is 0 Å². The van der Waals surface area contributed by atoms with Gasteiger partial charge in [0.2, 0.25) is 5.91 Å². The van der Waals surface area contributed by atoms with Crippen molar-refractivity contribution in [2.75, 3.05) is 32.8 Å². The smallest absolute Gasteiger partial charge is 0.254 e. The number of carbonyl (C=O) groups is 2. The molecule has 4 rings (SSSR count). The third-order valence-corrected chi connectivity index (χ3v) is 6.50. The summed E-state index contributed by atoms with van der Waals surface area (Å²) in [5.41, 5.74) is 1.35. The molecule has 170 valence electrons. The molecule has 2 heterocycles. The van der Waals surface area contributed by atoms with Crippen LogP contribution in [0.4, 0.5) is 0 Å². The monoisotopic (exact) mass is 436 g/mol. The summed E-state index contributed by atoms with van der Waals surface area (Å²) in [5, 5.41) is 0. The lowest BCUT2D eigenvalue weighted by molar-refractivity contribution is -0.132. The highest BCUT2D eigenvalue weighted by Gasteiger charge is 2.25. The van der Waals surface area contributed by atoms with Gasteiger partial charge in [0.25, 0.3) is 5.91 Å². The highest BCUT2D eigenvalue weighted by Crippen LogP contribution is 2.26. The average molecular weight is 437 g/mol. The van der Waals surface area contributed by atoms with Crippen LogP contribution < -0.4 is 4.74 Å². The highest BCUT2D eigenvalue weighted by molar-refractivity contribution is 5.94. The Balaban J connectivity index is 1.24. The fourth-order valence-electron chi connectivity index (χ4n) is 4.57. The third kappa shape index (κ3) is 6.05. The van der Waals surface area contributed by atoms with Gasteiger partial charge >= 0.3 is 0 Å². The molecular formula is C25H32N4O3. The molecule has 1 aliphatic heterocycles. The summed E-state index contributed by atoms with van der Waals surface area (Å²) in [6, 6.07) is 9.23. The molecule has 1 saturated carbocycles. The Morgan fingerprint density at radius 2 is 1.78 bits per heavy atom. The van der Waals surface area contributed by atoms with Gasteiger partial charge in [0, 0.05) is 37.9 Å². The van der Waals surface area contributed by atoms with Crippen molar-refractivity contribution in [2.45, 2.75) is 44.9 Å². The quantitative estimate of drug-likeness (QED) is 0.665. The molecule has 1 saturated heterocycles. The van der Waals surface area contributed by atoms with E-state index in [1.165, 1.54) is 38.4 Å². The summed E-state index contributed by atoms with van der Waals surface area (Å²) in [5.74, 6) is 1.56. The van der Waals surface area contributed by atoms with Crippen LogP contribution in [-0.2, 0) is 11.2 Å². The van der Waals surface area contributed by atoms with E-state index >= 15 is 0 Å². The van der Waals surface area contributed by atoms with Gasteiger partial charge in [-0.05, 0) is 36.6 Å². The van der Waals surface area contributed by atoms with Crippen LogP contribution in [0.1, 0.15) is 54.6 Å². The summed E-state index contributed by atoms with van der Waals surface area (Å²) in [7, 11) is 0. The first-order valence-electron chi connectivity index (χ1n) is 11.7. The Bertz CT molecular complexity index is 891. The molecule has 7 nitrogen and oxygen atoms in total. The van der Waals surface area contributed by atoms with E-state index in [1.54, 1.807) is 17.2 Å². The summed E-state index contributed by atoms with van der Waals surface area (Å²) in [6.45, 7) is 2.83. The number of carbonyl (C=O) groups excluding carboxylic acids is 2. The van der Waals surface area contributed by atoms with Crippen LogP contribution in [-0.4, -0.2) is 64.4 Å². The molecule has 1 aromatic carbocycles. The first-order valence-corrected chi connectivity index (χ1v) is 11.7. The summed E-state index contributed by atoms with van der Waals surface area (Å²) in [6.07, 6.45) is 11.1. The topological polar surface area (TPSA) is 75.6 Å². The normalized spacial score (nSPS) is 17.2. The maximum absolute atomic E-state index is 13.0. The number of nitrogens with zero attached hydrogens (tertiary/aromatic N) is 4. The Morgan fingerprint density at radius 3 is 2.53 bits per heavy atom. The summed E-state index contributed by atoms with van der Waals surface area (Å²) in [4.78, 5) is 37.1. The van der Waals surface area contributed by atoms with E-state index in [0.717, 1.165) is 18.1 Å². The van der Waals surface area contributed by atoms with Crippen molar-refractivity contribution in [3.8, 4) is 5.75 Å². The fourth-order valence-corrected chi connectivity index (χ4v) is 4.57. The van der Waals surface area contributed by atoms with Crippen molar-refractivity contribution < 1.29 is 14.3 Å². The molecule has 1 aliphatic carbocycles. The second-order valence-electron chi connectivity index (χ2n) is 8.72. The standard InChI is InChI=1S/C25H32N4O3/c30-24(18-22-9-11-26-19-27-22)28-12-14-29(15-13-28)25(31)21-7-4-8-23(17-21)32-16-10-20-5-2-1-3-6-20/h4,7-9,11,17,19-20H,1-3,5-6,10,12-16,18H2. The number of hydrogen-bond donors (Lipinski definition) is 0. The molecule has 1 aromatic heterocycles. The second-order valence-corrected chi connectivity index (χ2v) is 8.72. The van der Waals surface area contributed by atoms with Gasteiger partial charge in [0.1, 0.15) is 12.1 Å². The van der Waals surface area contributed by atoms with Crippen LogP contribution in [0.3, 0.4) is 0 Å². The lowest BCUT2D eigenvalue weighted by Crippen LogP contribution is -2.51. The van der Waals surface area contributed by atoms with E-state index in [-0.39, 0.29) is 18.2 Å². The van der Waals surface area contributed by atoms with Gasteiger partial charge in [-0.15, -0.1) is 0 Å². The largest absolute Gasteiger partial charge is 0.494 e. The number of ether oxygens (including phenoxy) is 1. The first-order chi connectivity index (χ1) is 15.7. The molecule has 0 unspecified atom stereocenters. The lowest BCUT2D eigenvalue weighted by atomic mass is 9.87. The maximum Gasteiger partial charge on any atom is 0.254 e. The van der Waals surface area contributed by atoms with Crippen molar-refractivity contribution in [1.29, 1.82) is 0 Å². The maximum atomic E-state index is 13.0. The minimum Gasteiger partial charge on any atom is -0.494 e. The van der Waals surface area contributed by atoms with Crippen molar-refractivity contribution in [3.05, 3.63) is 54.1 Å². The molecule has 0 bridgehead atoms. The van der Waals surface area contributed by atoms with E-state index in [1.807, 2.05) is 29.2 Å². The summed E-state index contributed by atoms with van der Waals surface area (Å²) < 4.78 is 5.96. The minimum absolute atomic E-state index is 0.00868. The van der Waals surface area contributed by atoms with Crippen LogP contribution in [0, 0.1) is 5.92 Å². The third-order valence-electron chi connectivity index (χ3n) is 6.50. The lowest BCUT2D eigenvalue weighted by Gasteiger charge is -2.35. The van der Waals surface area contributed by atoms with Crippen molar-refractivity contribution >= 4 is 11.8 Å². The number of rotatable bonds is 7. The van der Waals surface area contributed by atoms with E-state index in [4.69, 9.17) is 4.74 Å². The number of aromatic nitrogens is 2. The molecule has 0 radical (unpaired) electrons. The fraction of sp³-hybridized carbons (Fsp3) is 0.520. The van der Waals surface area contributed by atoms with Crippen molar-refractivity contribution in [2.24, 2.45) is 5.92 Å². The minimum atomic E-state index is -0.00868. The van der Waals surface area contributed by atoms with Gasteiger partial charge in [-0.25, -0.2) is 9.97 Å². The predicted molar refractivity (Wildman–Crippen MR) is 121 cm³/mol. The predicted octanol–water partition coefficient (Wildman–Crippen LogP) is 3.35. The zero-order chi connectivity index (χ0) is 22.2. The van der Waals surface area contributed by atoms with E-state index in [9.17, 15) is 9.59 Å². The SMILES string of the molecule is O=C(Cc1ccncn1)N1CCN(C(=O)c2cccc(OCCC3CCCCC3)c2)CC1. The number of benzene rings is 1. The van der Waals surface area contributed by atoms with Crippen molar-refractivity contribution in [3.63, 3.8) is 0 Å². The van der Waals surface area contributed by atoms with Crippen LogP contribution in [0.5, 0.6) is 5.75 Å². The van der Waals surface area contributed by atoms with Crippen molar-refractivity contribution in [1.82, 2.24) is 19.8 Å². The molecule has 0 atom stereocenters. The van der Waals surface area contributed by atoms with Gasteiger partial charge in [0.15, 0.2) is 0 Å². The molecule has 2 fully saturated rings. The number of hydrogen-bond acceptors (Lipinski definition) is 5. The van der Waals surface area contributed by atoms with Gasteiger partial charge in [-0.3, -0.25) is 9.59 Å². The molecule has 2 aromatic rings. The van der Waals surface area contributed by atoms with Crippen LogP contribution in [0.15, 0.2) is 42.9 Å².